The lowest BCUT2D eigenvalue weighted by Gasteiger charge is -2.19. The highest BCUT2D eigenvalue weighted by molar-refractivity contribution is 14.1. The first kappa shape index (κ1) is 15.7. The quantitative estimate of drug-likeness (QED) is 0.419. The van der Waals surface area contributed by atoms with Crippen molar-refractivity contribution in [3.63, 3.8) is 0 Å². The third kappa shape index (κ3) is 3.69. The van der Waals surface area contributed by atoms with Crippen molar-refractivity contribution in [2.75, 3.05) is 6.61 Å². The molecule has 1 atom stereocenters. The molecule has 20 heavy (non-hydrogen) atoms. The Hall–Kier alpha value is -0.700. The number of hydrazine groups is 1. The molecule has 6 heteroatoms. The fourth-order valence-electron chi connectivity index (χ4n) is 1.94. The van der Waals surface area contributed by atoms with E-state index in [9.17, 15) is 0 Å². The highest BCUT2D eigenvalue weighted by atomic mass is 127. The van der Waals surface area contributed by atoms with E-state index in [4.69, 9.17) is 10.6 Å². The molecular weight excluding hydrogens is 433 g/mol. The predicted molar refractivity (Wildman–Crippen MR) is 91.4 cm³/mol. The van der Waals surface area contributed by atoms with Crippen LogP contribution < -0.4 is 16.0 Å². The summed E-state index contributed by atoms with van der Waals surface area (Å²) >= 11 is 5.85. The summed E-state index contributed by atoms with van der Waals surface area (Å²) in [5.74, 6) is 6.48. The van der Waals surface area contributed by atoms with Gasteiger partial charge in [-0.25, -0.2) is 5.43 Å². The van der Waals surface area contributed by atoms with Crippen molar-refractivity contribution in [3.05, 3.63) is 55.8 Å². The molecule has 4 nitrogen and oxygen atoms in total. The molecule has 106 valence electrons. The van der Waals surface area contributed by atoms with E-state index < -0.39 is 0 Å². The molecule has 1 heterocycles. The summed E-state index contributed by atoms with van der Waals surface area (Å²) in [7, 11) is 0. The van der Waals surface area contributed by atoms with E-state index in [1.165, 1.54) is 0 Å². The molecule has 0 amide bonds. The molecule has 2 rings (SSSR count). The number of ether oxygens (including phenoxy) is 1. The van der Waals surface area contributed by atoms with Crippen LogP contribution in [0.25, 0.3) is 0 Å². The summed E-state index contributed by atoms with van der Waals surface area (Å²) in [6.07, 6.45) is 3.49. The van der Waals surface area contributed by atoms with Gasteiger partial charge in [-0.05, 0) is 64.9 Å². The zero-order valence-electron chi connectivity index (χ0n) is 10.9. The van der Waals surface area contributed by atoms with E-state index in [-0.39, 0.29) is 6.04 Å². The number of hydrogen-bond donors (Lipinski definition) is 2. The number of pyridine rings is 1. The first-order valence-electron chi connectivity index (χ1n) is 6.14. The normalized spacial score (nSPS) is 12.2. The highest BCUT2D eigenvalue weighted by Gasteiger charge is 2.17. The van der Waals surface area contributed by atoms with Gasteiger partial charge in [0, 0.05) is 14.2 Å². The fourth-order valence-corrected chi connectivity index (χ4v) is 2.93. The molecule has 2 aromatic rings. The third-order valence-electron chi connectivity index (χ3n) is 2.81. The number of nitrogens with two attached hydrogens (primary N) is 1. The zero-order valence-corrected chi connectivity index (χ0v) is 14.7. The van der Waals surface area contributed by atoms with Gasteiger partial charge in [0.2, 0.25) is 0 Å². The average Bonchev–Trinajstić information content (AvgIpc) is 2.44. The van der Waals surface area contributed by atoms with Gasteiger partial charge in [0.15, 0.2) is 0 Å². The van der Waals surface area contributed by atoms with E-state index in [1.807, 2.05) is 25.1 Å². The van der Waals surface area contributed by atoms with Gasteiger partial charge < -0.3 is 4.74 Å². The van der Waals surface area contributed by atoms with Crippen LogP contribution >= 0.6 is 38.5 Å². The van der Waals surface area contributed by atoms with E-state index >= 15 is 0 Å². The Morgan fingerprint density at radius 3 is 2.90 bits per heavy atom. The minimum atomic E-state index is -0.146. The van der Waals surface area contributed by atoms with Crippen molar-refractivity contribution >= 4 is 38.5 Å². The molecule has 0 aliphatic heterocycles. The van der Waals surface area contributed by atoms with Gasteiger partial charge in [0.25, 0.3) is 0 Å². The van der Waals surface area contributed by atoms with Crippen molar-refractivity contribution in [2.45, 2.75) is 13.0 Å². The largest absolute Gasteiger partial charge is 0.492 e. The predicted octanol–water partition coefficient (Wildman–Crippen LogP) is 3.40. The van der Waals surface area contributed by atoms with Gasteiger partial charge in [-0.2, -0.15) is 0 Å². The number of rotatable bonds is 5. The van der Waals surface area contributed by atoms with E-state index in [0.717, 1.165) is 24.9 Å². The summed E-state index contributed by atoms with van der Waals surface area (Å²) in [6.45, 7) is 2.56. The van der Waals surface area contributed by atoms with Gasteiger partial charge in [0.05, 0.1) is 18.8 Å². The Morgan fingerprint density at radius 2 is 2.20 bits per heavy atom. The number of nitrogens with one attached hydrogen (secondary N) is 1. The van der Waals surface area contributed by atoms with Crippen LogP contribution in [0.15, 0.2) is 41.1 Å². The highest BCUT2D eigenvalue weighted by Crippen LogP contribution is 2.30. The average molecular weight is 448 g/mol. The van der Waals surface area contributed by atoms with Crippen molar-refractivity contribution < 1.29 is 4.74 Å². The summed E-state index contributed by atoms with van der Waals surface area (Å²) in [5.41, 5.74) is 4.87. The lowest BCUT2D eigenvalue weighted by molar-refractivity contribution is 0.338. The maximum absolute atomic E-state index is 5.74. The summed E-state index contributed by atoms with van der Waals surface area (Å²) in [4.78, 5) is 4.21. The molecule has 1 unspecified atom stereocenters. The lowest BCUT2D eigenvalue weighted by Crippen LogP contribution is -2.29. The third-order valence-corrected chi connectivity index (χ3v) is 4.21. The van der Waals surface area contributed by atoms with Crippen molar-refractivity contribution in [1.29, 1.82) is 0 Å². The topological polar surface area (TPSA) is 60.2 Å². The van der Waals surface area contributed by atoms with E-state index in [2.05, 4.69) is 55.0 Å². The SMILES string of the molecule is CCOc1cncc(C(NN)c2cc(I)ccc2Br)c1. The molecule has 0 saturated heterocycles. The second-order valence-electron chi connectivity index (χ2n) is 4.15. The lowest BCUT2D eigenvalue weighted by atomic mass is 10.0. The molecular formula is C14H15BrIN3O. The van der Waals surface area contributed by atoms with E-state index in [0.29, 0.717) is 6.61 Å². The second-order valence-corrected chi connectivity index (χ2v) is 6.25. The molecule has 1 aromatic carbocycles. The molecule has 0 fully saturated rings. The second kappa shape index (κ2) is 7.35. The Balaban J connectivity index is 2.41. The zero-order chi connectivity index (χ0) is 14.5. The maximum atomic E-state index is 5.74. The van der Waals surface area contributed by atoms with Crippen LogP contribution in [0.4, 0.5) is 0 Å². The molecule has 0 bridgehead atoms. The Morgan fingerprint density at radius 1 is 1.40 bits per heavy atom. The minimum Gasteiger partial charge on any atom is -0.492 e. The number of nitrogens with zero attached hydrogens (tertiary/aromatic N) is 1. The number of aromatic nitrogens is 1. The standard InChI is InChI=1S/C14H15BrIN3O/c1-2-20-11-5-9(7-18-8-11)14(19-17)12-6-10(16)3-4-13(12)15/h3-8,14,19H,2,17H2,1H3. The van der Waals surface area contributed by atoms with Crippen LogP contribution in [-0.2, 0) is 0 Å². The molecule has 0 radical (unpaired) electrons. The first-order valence-corrected chi connectivity index (χ1v) is 8.01. The summed E-state index contributed by atoms with van der Waals surface area (Å²) < 4.78 is 7.64. The molecule has 0 aliphatic rings. The smallest absolute Gasteiger partial charge is 0.137 e. The van der Waals surface area contributed by atoms with Gasteiger partial charge in [-0.15, -0.1) is 0 Å². The minimum absolute atomic E-state index is 0.146. The van der Waals surface area contributed by atoms with Crippen LogP contribution in [-0.4, -0.2) is 11.6 Å². The molecule has 3 N–H and O–H groups in total. The van der Waals surface area contributed by atoms with Crippen molar-refractivity contribution in [1.82, 2.24) is 10.4 Å². The van der Waals surface area contributed by atoms with Gasteiger partial charge in [0.1, 0.15) is 5.75 Å². The first-order chi connectivity index (χ1) is 9.65. The van der Waals surface area contributed by atoms with Gasteiger partial charge in [-0.3, -0.25) is 10.8 Å². The van der Waals surface area contributed by atoms with Crippen molar-refractivity contribution in [2.24, 2.45) is 5.84 Å². The number of benzene rings is 1. The van der Waals surface area contributed by atoms with Crippen LogP contribution in [0.2, 0.25) is 0 Å². The van der Waals surface area contributed by atoms with Gasteiger partial charge >= 0.3 is 0 Å². The Labute approximate surface area is 140 Å². The Bertz CT molecular complexity index is 594. The fraction of sp³-hybridized carbons (Fsp3) is 0.214. The monoisotopic (exact) mass is 447 g/mol. The van der Waals surface area contributed by atoms with Crippen LogP contribution in [0.5, 0.6) is 5.75 Å². The maximum Gasteiger partial charge on any atom is 0.137 e. The molecule has 1 aromatic heterocycles. The molecule has 0 aliphatic carbocycles. The van der Waals surface area contributed by atoms with Gasteiger partial charge in [-0.1, -0.05) is 15.9 Å². The van der Waals surface area contributed by atoms with E-state index in [1.54, 1.807) is 12.4 Å². The molecule has 0 saturated carbocycles. The molecule has 0 spiro atoms. The van der Waals surface area contributed by atoms with Crippen molar-refractivity contribution in [3.8, 4) is 5.75 Å². The van der Waals surface area contributed by atoms with Crippen LogP contribution in [0, 0.1) is 3.57 Å². The Kier molecular flexibility index (Phi) is 5.76. The summed E-state index contributed by atoms with van der Waals surface area (Å²) in [5, 5.41) is 0. The van der Waals surface area contributed by atoms with Crippen LogP contribution in [0.1, 0.15) is 24.1 Å². The van der Waals surface area contributed by atoms with Crippen LogP contribution in [0.3, 0.4) is 0 Å². The number of halogens is 2. The summed E-state index contributed by atoms with van der Waals surface area (Å²) in [6, 6.07) is 7.94. The number of hydrogen-bond acceptors (Lipinski definition) is 4.